The first-order chi connectivity index (χ1) is 7.31. The van der Waals surface area contributed by atoms with Crippen molar-refractivity contribution < 1.29 is 0 Å². The van der Waals surface area contributed by atoms with Crippen LogP contribution in [0.15, 0.2) is 12.2 Å². The summed E-state index contributed by atoms with van der Waals surface area (Å²) in [5.74, 6) is 2.76. The summed E-state index contributed by atoms with van der Waals surface area (Å²) in [7, 11) is 2.22. The van der Waals surface area contributed by atoms with Crippen LogP contribution in [-0.4, -0.2) is 37.6 Å². The molecule has 0 radical (unpaired) electrons. The predicted molar refractivity (Wildman–Crippen MR) is 62.7 cm³/mol. The van der Waals surface area contributed by atoms with Crippen molar-refractivity contribution in [3.05, 3.63) is 12.2 Å². The summed E-state index contributed by atoms with van der Waals surface area (Å²) in [4.78, 5) is 2.43. The van der Waals surface area contributed by atoms with Crippen LogP contribution in [-0.2, 0) is 0 Å². The van der Waals surface area contributed by atoms with Crippen LogP contribution in [0.1, 0.15) is 19.3 Å². The molecular weight excluding hydrogens is 184 g/mol. The fraction of sp³-hybridized carbons (Fsp3) is 0.846. The van der Waals surface area contributed by atoms with Crippen molar-refractivity contribution in [2.24, 2.45) is 17.8 Å². The minimum atomic E-state index is 0.762. The number of nitrogens with one attached hydrogen (secondary N) is 1. The Kier molecular flexibility index (Phi) is 2.57. The standard InChI is InChI=1S/C13H22N2/c1-15-5-4-13(9-15)14-8-12-7-10-2-3-11(12)6-10/h2-3,10-14H,4-9H2,1H3/t10-,11-,12-,13+/m0/s1. The Balaban J connectivity index is 1.45. The van der Waals surface area contributed by atoms with Crippen LogP contribution < -0.4 is 5.32 Å². The molecule has 0 aromatic heterocycles. The Bertz CT molecular complexity index is 261. The number of hydrogen-bond acceptors (Lipinski definition) is 2. The Labute approximate surface area is 92.7 Å². The zero-order chi connectivity index (χ0) is 10.3. The molecule has 1 N–H and O–H groups in total. The lowest BCUT2D eigenvalue weighted by Crippen LogP contribution is -2.36. The Hall–Kier alpha value is -0.340. The number of rotatable bonds is 3. The summed E-state index contributed by atoms with van der Waals surface area (Å²) in [6, 6.07) is 0.762. The van der Waals surface area contributed by atoms with Gasteiger partial charge in [-0.15, -0.1) is 0 Å². The molecule has 1 saturated heterocycles. The molecule has 2 heteroatoms. The van der Waals surface area contributed by atoms with E-state index < -0.39 is 0 Å². The normalized spacial score (nSPS) is 44.3. The molecule has 84 valence electrons. The first kappa shape index (κ1) is 9.86. The van der Waals surface area contributed by atoms with E-state index in [9.17, 15) is 0 Å². The zero-order valence-corrected chi connectivity index (χ0v) is 9.65. The van der Waals surface area contributed by atoms with Gasteiger partial charge in [-0.3, -0.25) is 0 Å². The molecule has 0 aromatic carbocycles. The highest BCUT2D eigenvalue weighted by molar-refractivity contribution is 5.10. The molecule has 2 fully saturated rings. The number of nitrogens with zero attached hydrogens (tertiary/aromatic N) is 1. The van der Waals surface area contributed by atoms with Gasteiger partial charge in [-0.05, 0) is 57.2 Å². The number of likely N-dealkylation sites (N-methyl/N-ethyl adjacent to an activating group) is 1. The van der Waals surface area contributed by atoms with Gasteiger partial charge in [-0.25, -0.2) is 0 Å². The molecule has 0 aromatic rings. The number of fused-ring (bicyclic) bond motifs is 2. The molecule has 15 heavy (non-hydrogen) atoms. The van der Waals surface area contributed by atoms with Crippen LogP contribution in [0.5, 0.6) is 0 Å². The van der Waals surface area contributed by atoms with Crippen LogP contribution in [0.25, 0.3) is 0 Å². The van der Waals surface area contributed by atoms with Gasteiger partial charge < -0.3 is 10.2 Å². The first-order valence-electron chi connectivity index (χ1n) is 6.41. The molecule has 4 atom stereocenters. The van der Waals surface area contributed by atoms with Gasteiger partial charge in [-0.1, -0.05) is 12.2 Å². The van der Waals surface area contributed by atoms with Gasteiger partial charge in [0.25, 0.3) is 0 Å². The van der Waals surface area contributed by atoms with E-state index in [-0.39, 0.29) is 0 Å². The van der Waals surface area contributed by atoms with E-state index in [1.165, 1.54) is 38.9 Å². The molecule has 2 aliphatic carbocycles. The van der Waals surface area contributed by atoms with Crippen molar-refractivity contribution >= 4 is 0 Å². The molecule has 2 nitrogen and oxygen atoms in total. The van der Waals surface area contributed by atoms with E-state index in [1.807, 2.05) is 0 Å². The van der Waals surface area contributed by atoms with E-state index in [0.29, 0.717) is 0 Å². The zero-order valence-electron chi connectivity index (χ0n) is 9.65. The molecule has 3 rings (SSSR count). The topological polar surface area (TPSA) is 15.3 Å². The van der Waals surface area contributed by atoms with Crippen molar-refractivity contribution in [3.8, 4) is 0 Å². The summed E-state index contributed by atoms with van der Waals surface area (Å²) < 4.78 is 0. The number of likely N-dealkylation sites (tertiary alicyclic amines) is 1. The Morgan fingerprint density at radius 2 is 2.27 bits per heavy atom. The van der Waals surface area contributed by atoms with E-state index in [4.69, 9.17) is 0 Å². The molecule has 2 bridgehead atoms. The molecule has 1 heterocycles. The lowest BCUT2D eigenvalue weighted by molar-refractivity contribution is 0.364. The van der Waals surface area contributed by atoms with E-state index >= 15 is 0 Å². The van der Waals surface area contributed by atoms with Gasteiger partial charge in [0.1, 0.15) is 0 Å². The third-order valence-electron chi connectivity index (χ3n) is 4.48. The number of hydrogen-bond donors (Lipinski definition) is 1. The lowest BCUT2D eigenvalue weighted by Gasteiger charge is -2.21. The monoisotopic (exact) mass is 206 g/mol. The SMILES string of the molecule is CN1CC[C@@H](NC[C@@H]2C[C@H]3C=C[C@H]2C3)C1. The van der Waals surface area contributed by atoms with Gasteiger partial charge in [0.05, 0.1) is 0 Å². The van der Waals surface area contributed by atoms with Crippen molar-refractivity contribution in [1.82, 2.24) is 10.2 Å². The molecule has 0 spiro atoms. The van der Waals surface area contributed by atoms with Crippen molar-refractivity contribution in [2.75, 3.05) is 26.7 Å². The molecule has 1 aliphatic heterocycles. The highest BCUT2D eigenvalue weighted by Gasteiger charge is 2.35. The third kappa shape index (κ3) is 1.98. The quantitative estimate of drug-likeness (QED) is 0.704. The smallest absolute Gasteiger partial charge is 0.0207 e. The van der Waals surface area contributed by atoms with Crippen LogP contribution in [0.4, 0.5) is 0 Å². The van der Waals surface area contributed by atoms with E-state index in [1.54, 1.807) is 0 Å². The largest absolute Gasteiger partial charge is 0.312 e. The fourth-order valence-corrected chi connectivity index (χ4v) is 3.55. The van der Waals surface area contributed by atoms with Crippen LogP contribution in [0.3, 0.4) is 0 Å². The molecule has 1 saturated carbocycles. The lowest BCUT2D eigenvalue weighted by atomic mass is 9.93. The summed E-state index contributed by atoms with van der Waals surface area (Å²) in [5, 5.41) is 3.76. The Morgan fingerprint density at radius 1 is 1.33 bits per heavy atom. The minimum Gasteiger partial charge on any atom is -0.312 e. The highest BCUT2D eigenvalue weighted by atomic mass is 15.2. The average molecular weight is 206 g/mol. The second kappa shape index (κ2) is 3.91. The van der Waals surface area contributed by atoms with Crippen molar-refractivity contribution in [2.45, 2.75) is 25.3 Å². The second-order valence-corrected chi connectivity index (χ2v) is 5.70. The second-order valence-electron chi connectivity index (χ2n) is 5.70. The van der Waals surface area contributed by atoms with Gasteiger partial charge in [0.2, 0.25) is 0 Å². The van der Waals surface area contributed by atoms with Crippen molar-refractivity contribution in [3.63, 3.8) is 0 Å². The molecule has 0 unspecified atom stereocenters. The molecule has 3 aliphatic rings. The summed E-state index contributed by atoms with van der Waals surface area (Å²) >= 11 is 0. The molecular formula is C13H22N2. The fourth-order valence-electron chi connectivity index (χ4n) is 3.55. The summed E-state index contributed by atoms with van der Waals surface area (Å²) in [5.41, 5.74) is 0. The van der Waals surface area contributed by atoms with Gasteiger partial charge >= 0.3 is 0 Å². The highest BCUT2D eigenvalue weighted by Crippen LogP contribution is 2.43. The maximum atomic E-state index is 3.76. The third-order valence-corrected chi connectivity index (χ3v) is 4.48. The van der Waals surface area contributed by atoms with Gasteiger partial charge in [-0.2, -0.15) is 0 Å². The first-order valence-corrected chi connectivity index (χ1v) is 6.41. The number of allylic oxidation sites excluding steroid dienone is 2. The molecule has 0 amide bonds. The van der Waals surface area contributed by atoms with Crippen LogP contribution in [0, 0.1) is 17.8 Å². The van der Waals surface area contributed by atoms with Gasteiger partial charge in [0.15, 0.2) is 0 Å². The van der Waals surface area contributed by atoms with E-state index in [2.05, 4.69) is 29.4 Å². The van der Waals surface area contributed by atoms with Crippen LogP contribution in [0.2, 0.25) is 0 Å². The predicted octanol–water partition coefficient (Wildman–Crippen LogP) is 1.49. The average Bonchev–Trinajstić information content (AvgIpc) is 2.90. The van der Waals surface area contributed by atoms with E-state index in [0.717, 1.165) is 23.8 Å². The maximum absolute atomic E-state index is 3.76. The van der Waals surface area contributed by atoms with Crippen LogP contribution >= 0.6 is 0 Å². The summed E-state index contributed by atoms with van der Waals surface area (Å²) in [6.45, 7) is 3.77. The minimum absolute atomic E-state index is 0.762. The van der Waals surface area contributed by atoms with Crippen molar-refractivity contribution in [1.29, 1.82) is 0 Å². The summed E-state index contributed by atoms with van der Waals surface area (Å²) in [6.07, 6.45) is 9.12. The van der Waals surface area contributed by atoms with Gasteiger partial charge in [0, 0.05) is 12.6 Å². The maximum Gasteiger partial charge on any atom is 0.0207 e. The Morgan fingerprint density at radius 3 is 2.87 bits per heavy atom.